The van der Waals surface area contributed by atoms with Crippen LogP contribution in [0.25, 0.3) is 11.4 Å². The van der Waals surface area contributed by atoms with E-state index in [1.165, 1.54) is 4.90 Å². The van der Waals surface area contributed by atoms with Gasteiger partial charge in [0.1, 0.15) is 6.04 Å². The van der Waals surface area contributed by atoms with Crippen LogP contribution in [0.3, 0.4) is 0 Å². The highest BCUT2D eigenvalue weighted by atomic mass is 32.1. The minimum atomic E-state index is -0.338. The Kier molecular flexibility index (Phi) is 3.37. The number of nitrogens with zero attached hydrogens (tertiary/aromatic N) is 4. The van der Waals surface area contributed by atoms with Gasteiger partial charge >= 0.3 is 6.03 Å². The molecule has 2 saturated heterocycles. The van der Waals surface area contributed by atoms with Crippen LogP contribution in [-0.4, -0.2) is 38.8 Å². The summed E-state index contributed by atoms with van der Waals surface area (Å²) in [6.45, 7) is 2.76. The Hall–Kier alpha value is -2.28. The van der Waals surface area contributed by atoms with Gasteiger partial charge in [0.15, 0.2) is 5.82 Å². The molecule has 2 aromatic rings. The third-order valence-corrected chi connectivity index (χ3v) is 5.15. The molecular weight excluding hydrogens is 312 g/mol. The van der Waals surface area contributed by atoms with E-state index >= 15 is 0 Å². The van der Waals surface area contributed by atoms with Gasteiger partial charge < -0.3 is 4.90 Å². The Morgan fingerprint density at radius 3 is 2.78 bits per heavy atom. The maximum absolute atomic E-state index is 12.6. The molecule has 0 aliphatic carbocycles. The van der Waals surface area contributed by atoms with Crippen molar-refractivity contribution in [2.75, 3.05) is 11.4 Å². The molecule has 0 spiro atoms. The Balaban J connectivity index is 1.65. The minimum absolute atomic E-state index is 0.169. The second-order valence-electron chi connectivity index (χ2n) is 6.06. The average Bonchev–Trinajstić information content (AvgIpc) is 3.13. The number of hydrogen-bond donors (Lipinski definition) is 0. The first-order valence-electron chi connectivity index (χ1n) is 7.69. The second-order valence-corrected chi connectivity index (χ2v) is 6.79. The highest BCUT2D eigenvalue weighted by Gasteiger charge is 2.49. The molecule has 3 amide bonds. The van der Waals surface area contributed by atoms with Crippen LogP contribution in [0.4, 0.5) is 9.93 Å². The van der Waals surface area contributed by atoms with Crippen molar-refractivity contribution >= 4 is 28.6 Å². The average molecular weight is 328 g/mol. The molecule has 6 nitrogen and oxygen atoms in total. The maximum Gasteiger partial charge on any atom is 0.334 e. The van der Waals surface area contributed by atoms with Crippen molar-refractivity contribution < 1.29 is 9.59 Å². The van der Waals surface area contributed by atoms with E-state index < -0.39 is 0 Å². The van der Waals surface area contributed by atoms with Crippen LogP contribution in [0.15, 0.2) is 30.3 Å². The van der Waals surface area contributed by atoms with E-state index in [0.29, 0.717) is 23.4 Å². The Morgan fingerprint density at radius 1 is 1.22 bits per heavy atom. The number of urea groups is 1. The van der Waals surface area contributed by atoms with Gasteiger partial charge in [-0.2, -0.15) is 9.36 Å². The summed E-state index contributed by atoms with van der Waals surface area (Å²) in [6, 6.07) is 8.95. The van der Waals surface area contributed by atoms with Crippen LogP contribution < -0.4 is 4.90 Å². The molecule has 0 unspecified atom stereocenters. The Bertz CT molecular complexity index is 760. The third-order valence-electron chi connectivity index (χ3n) is 4.45. The first-order chi connectivity index (χ1) is 11.1. The smallest absolute Gasteiger partial charge is 0.312 e. The summed E-state index contributed by atoms with van der Waals surface area (Å²) < 4.78 is 4.30. The summed E-state index contributed by atoms with van der Waals surface area (Å²) in [4.78, 5) is 32.5. The number of imide groups is 1. The van der Waals surface area contributed by atoms with E-state index in [4.69, 9.17) is 0 Å². The van der Waals surface area contributed by atoms with Crippen LogP contribution in [0.2, 0.25) is 0 Å². The lowest BCUT2D eigenvalue weighted by atomic mass is 9.93. The fourth-order valence-electron chi connectivity index (χ4n) is 3.16. The van der Waals surface area contributed by atoms with E-state index in [1.807, 2.05) is 30.3 Å². The van der Waals surface area contributed by atoms with Gasteiger partial charge in [0.05, 0.1) is 0 Å². The number of carbonyl (C=O) groups excluding carboxylic acids is 2. The highest BCUT2D eigenvalue weighted by molar-refractivity contribution is 7.10. The van der Waals surface area contributed by atoms with Gasteiger partial charge in [-0.15, -0.1) is 0 Å². The zero-order valence-electron chi connectivity index (χ0n) is 12.7. The van der Waals surface area contributed by atoms with Crippen molar-refractivity contribution in [2.45, 2.75) is 25.8 Å². The number of carbonyl (C=O) groups is 2. The van der Waals surface area contributed by atoms with Crippen LogP contribution >= 0.6 is 11.5 Å². The van der Waals surface area contributed by atoms with Crippen molar-refractivity contribution in [3.63, 3.8) is 0 Å². The predicted molar refractivity (Wildman–Crippen MR) is 87.1 cm³/mol. The van der Waals surface area contributed by atoms with E-state index in [2.05, 4.69) is 16.3 Å². The first kappa shape index (κ1) is 14.3. The van der Waals surface area contributed by atoms with Crippen LogP contribution in [0.5, 0.6) is 0 Å². The number of anilines is 1. The molecule has 2 atom stereocenters. The minimum Gasteiger partial charge on any atom is -0.312 e. The fourth-order valence-corrected chi connectivity index (χ4v) is 3.85. The zero-order valence-corrected chi connectivity index (χ0v) is 13.5. The van der Waals surface area contributed by atoms with Gasteiger partial charge in [-0.05, 0) is 18.8 Å². The molecule has 7 heteroatoms. The normalized spacial score (nSPS) is 24.2. The molecule has 4 rings (SSSR count). The molecule has 1 aromatic carbocycles. The number of aromatic nitrogens is 2. The largest absolute Gasteiger partial charge is 0.334 e. The van der Waals surface area contributed by atoms with E-state index in [9.17, 15) is 9.59 Å². The van der Waals surface area contributed by atoms with E-state index in [0.717, 1.165) is 29.9 Å². The monoisotopic (exact) mass is 328 g/mol. The molecular formula is C16H16N4O2S. The lowest BCUT2D eigenvalue weighted by Crippen LogP contribution is -2.41. The molecule has 2 fully saturated rings. The zero-order chi connectivity index (χ0) is 16.0. The molecule has 2 aliphatic rings. The molecule has 1 aromatic heterocycles. The van der Waals surface area contributed by atoms with E-state index in [1.54, 1.807) is 4.90 Å². The molecule has 0 saturated carbocycles. The number of fused-ring (bicyclic) bond motifs is 1. The van der Waals surface area contributed by atoms with Gasteiger partial charge in [-0.1, -0.05) is 37.3 Å². The summed E-state index contributed by atoms with van der Waals surface area (Å²) in [5, 5.41) is 0.362. The number of piperidine rings is 1. The first-order valence-corrected chi connectivity index (χ1v) is 8.46. The van der Waals surface area contributed by atoms with Crippen LogP contribution in [0.1, 0.15) is 19.8 Å². The summed E-state index contributed by atoms with van der Waals surface area (Å²) in [5.41, 5.74) is 0.875. The van der Waals surface area contributed by atoms with Gasteiger partial charge in [0.2, 0.25) is 5.13 Å². The topological polar surface area (TPSA) is 66.4 Å². The number of benzene rings is 1. The standard InChI is InChI=1S/C16H16N4O2S/c1-10-7-8-19-12(9-10)14(21)20(16(19)22)15-17-13(18-23-15)11-5-3-2-4-6-11/h2-6,10,12H,7-9H2,1H3/t10-,12-/m1/s1. The summed E-state index contributed by atoms with van der Waals surface area (Å²) in [5.74, 6) is 0.837. The quantitative estimate of drug-likeness (QED) is 0.795. The van der Waals surface area contributed by atoms with Gasteiger partial charge in [0.25, 0.3) is 5.91 Å². The lowest BCUT2D eigenvalue weighted by molar-refractivity contribution is -0.120. The number of rotatable bonds is 2. The molecule has 0 bridgehead atoms. The lowest BCUT2D eigenvalue weighted by Gasteiger charge is -2.30. The molecule has 0 N–H and O–H groups in total. The second kappa shape index (κ2) is 5.42. The van der Waals surface area contributed by atoms with Crippen LogP contribution in [0, 0.1) is 5.92 Å². The fraction of sp³-hybridized carbons (Fsp3) is 0.375. The molecule has 2 aliphatic heterocycles. The SMILES string of the molecule is C[C@@H]1CCN2C(=O)N(c3nc(-c4ccccc4)ns3)C(=O)[C@H]2C1. The number of hydrogen-bond acceptors (Lipinski definition) is 5. The Morgan fingerprint density at radius 2 is 2.00 bits per heavy atom. The molecule has 118 valence electrons. The maximum atomic E-state index is 12.6. The van der Waals surface area contributed by atoms with Crippen molar-refractivity contribution in [2.24, 2.45) is 5.92 Å². The predicted octanol–water partition coefficient (Wildman–Crippen LogP) is 2.77. The molecule has 3 heterocycles. The van der Waals surface area contributed by atoms with Gasteiger partial charge in [0, 0.05) is 23.6 Å². The van der Waals surface area contributed by atoms with Crippen LogP contribution in [-0.2, 0) is 4.79 Å². The van der Waals surface area contributed by atoms with Crippen molar-refractivity contribution in [3.8, 4) is 11.4 Å². The van der Waals surface area contributed by atoms with Crippen molar-refractivity contribution in [1.82, 2.24) is 14.3 Å². The summed E-state index contributed by atoms with van der Waals surface area (Å²) in [6.07, 6.45) is 1.67. The van der Waals surface area contributed by atoms with E-state index in [-0.39, 0.29) is 18.0 Å². The van der Waals surface area contributed by atoms with Gasteiger partial charge in [-0.25, -0.2) is 9.69 Å². The van der Waals surface area contributed by atoms with Crippen molar-refractivity contribution in [3.05, 3.63) is 30.3 Å². The molecule has 0 radical (unpaired) electrons. The van der Waals surface area contributed by atoms with Gasteiger partial charge in [-0.3, -0.25) is 4.79 Å². The summed E-state index contributed by atoms with van der Waals surface area (Å²) in [7, 11) is 0. The van der Waals surface area contributed by atoms with Crippen molar-refractivity contribution in [1.29, 1.82) is 0 Å². The summed E-state index contributed by atoms with van der Waals surface area (Å²) >= 11 is 1.09. The number of amides is 3. The molecule has 23 heavy (non-hydrogen) atoms. The Labute approximate surface area is 137 Å². The highest BCUT2D eigenvalue weighted by Crippen LogP contribution is 2.34. The third kappa shape index (κ3) is 2.31.